The first-order valence-electron chi connectivity index (χ1n) is 4.73. The van der Waals surface area contributed by atoms with E-state index in [2.05, 4.69) is 18.7 Å². The lowest BCUT2D eigenvalue weighted by Gasteiger charge is -2.19. The Hall–Kier alpha value is -0.770. The lowest BCUT2D eigenvalue weighted by molar-refractivity contribution is 0.137. The van der Waals surface area contributed by atoms with Crippen LogP contribution in [0.2, 0.25) is 0 Å². The molecule has 0 aromatic carbocycles. The highest BCUT2D eigenvalue weighted by atomic mass is 16.6. The highest BCUT2D eigenvalue weighted by molar-refractivity contribution is 5.53. The molecule has 1 rings (SSSR count). The van der Waals surface area contributed by atoms with Gasteiger partial charge in [0, 0.05) is 6.04 Å². The second-order valence-corrected chi connectivity index (χ2v) is 3.31. The number of hydrogen-bond acceptors (Lipinski definition) is 2. The fourth-order valence-corrected chi connectivity index (χ4v) is 1.61. The molecule has 1 unspecified atom stereocenters. The van der Waals surface area contributed by atoms with Crippen molar-refractivity contribution in [2.75, 3.05) is 13.1 Å². The maximum absolute atomic E-state index is 8.56. The predicted molar refractivity (Wildman–Crippen MR) is 51.2 cm³/mol. The third-order valence-corrected chi connectivity index (χ3v) is 2.20. The van der Waals surface area contributed by atoms with E-state index in [1.807, 2.05) is 0 Å². The van der Waals surface area contributed by atoms with Crippen LogP contribution in [0.3, 0.4) is 0 Å². The Morgan fingerprint density at radius 3 is 2.38 bits per heavy atom. The minimum atomic E-state index is -1.83. The molecular formula is C9H19NO3. The van der Waals surface area contributed by atoms with Crippen LogP contribution in [0.25, 0.3) is 0 Å². The van der Waals surface area contributed by atoms with E-state index in [1.54, 1.807) is 0 Å². The van der Waals surface area contributed by atoms with Crippen molar-refractivity contribution < 1.29 is 15.0 Å². The Morgan fingerprint density at radius 1 is 1.54 bits per heavy atom. The summed E-state index contributed by atoms with van der Waals surface area (Å²) in [5, 5.41) is 13.9. The zero-order valence-corrected chi connectivity index (χ0v) is 8.36. The molecule has 1 atom stereocenters. The van der Waals surface area contributed by atoms with Gasteiger partial charge in [0.2, 0.25) is 0 Å². The Bertz CT molecular complexity index is 146. The smallest absolute Gasteiger partial charge is 0.450 e. The van der Waals surface area contributed by atoms with Gasteiger partial charge in [-0.1, -0.05) is 6.92 Å². The molecule has 4 heteroatoms. The molecule has 0 radical (unpaired) electrons. The van der Waals surface area contributed by atoms with E-state index in [4.69, 9.17) is 15.0 Å². The van der Waals surface area contributed by atoms with E-state index in [1.165, 1.54) is 32.4 Å². The van der Waals surface area contributed by atoms with Gasteiger partial charge in [0.15, 0.2) is 0 Å². The van der Waals surface area contributed by atoms with Crippen LogP contribution >= 0.6 is 0 Å². The van der Waals surface area contributed by atoms with Gasteiger partial charge < -0.3 is 15.1 Å². The molecule has 0 aromatic rings. The van der Waals surface area contributed by atoms with E-state index < -0.39 is 6.16 Å². The van der Waals surface area contributed by atoms with Crippen molar-refractivity contribution in [3.05, 3.63) is 0 Å². The van der Waals surface area contributed by atoms with Crippen molar-refractivity contribution >= 4 is 6.16 Å². The molecule has 0 bridgehead atoms. The van der Waals surface area contributed by atoms with Crippen LogP contribution in [-0.4, -0.2) is 40.4 Å². The summed E-state index contributed by atoms with van der Waals surface area (Å²) in [7, 11) is 0. The number of likely N-dealkylation sites (tertiary alicyclic amines) is 1. The van der Waals surface area contributed by atoms with Crippen molar-refractivity contribution in [2.45, 2.75) is 39.2 Å². The zero-order valence-electron chi connectivity index (χ0n) is 8.36. The minimum Gasteiger partial charge on any atom is -0.450 e. The number of hydrogen-bond donors (Lipinski definition) is 2. The predicted octanol–water partition coefficient (Wildman–Crippen LogP) is 2.10. The van der Waals surface area contributed by atoms with Crippen LogP contribution in [0, 0.1) is 0 Å². The average Bonchev–Trinajstić information content (AvgIpc) is 2.36. The first-order chi connectivity index (χ1) is 6.07. The van der Waals surface area contributed by atoms with E-state index in [-0.39, 0.29) is 0 Å². The standard InChI is InChI=1S/C8H17N.CH2O3/c1-3-6-9-7-4-5-8(9)2;2-1(3)4/h8H,3-7H2,1-2H3;(H2,2,3,4). The molecule has 1 fully saturated rings. The van der Waals surface area contributed by atoms with Crippen molar-refractivity contribution in [1.29, 1.82) is 0 Å². The molecule has 1 aliphatic heterocycles. The van der Waals surface area contributed by atoms with E-state index in [9.17, 15) is 0 Å². The zero-order chi connectivity index (χ0) is 10.3. The number of carboxylic acid groups (broad SMARTS) is 2. The summed E-state index contributed by atoms with van der Waals surface area (Å²) < 4.78 is 0. The topological polar surface area (TPSA) is 60.8 Å². The van der Waals surface area contributed by atoms with Crippen molar-refractivity contribution in [3.63, 3.8) is 0 Å². The molecule has 0 spiro atoms. The van der Waals surface area contributed by atoms with Crippen LogP contribution < -0.4 is 0 Å². The van der Waals surface area contributed by atoms with Crippen LogP contribution in [-0.2, 0) is 0 Å². The van der Waals surface area contributed by atoms with Gasteiger partial charge in [-0.3, -0.25) is 0 Å². The van der Waals surface area contributed by atoms with Crippen molar-refractivity contribution in [1.82, 2.24) is 4.90 Å². The Balaban J connectivity index is 0.000000310. The van der Waals surface area contributed by atoms with E-state index in [0.717, 1.165) is 6.04 Å². The molecule has 1 heterocycles. The summed E-state index contributed by atoms with van der Waals surface area (Å²) in [4.78, 5) is 11.1. The molecule has 4 nitrogen and oxygen atoms in total. The normalized spacial score (nSPS) is 22.2. The lowest BCUT2D eigenvalue weighted by atomic mass is 10.2. The molecule has 1 saturated heterocycles. The first-order valence-corrected chi connectivity index (χ1v) is 4.73. The second kappa shape index (κ2) is 6.71. The molecule has 0 saturated carbocycles. The summed E-state index contributed by atoms with van der Waals surface area (Å²) >= 11 is 0. The van der Waals surface area contributed by atoms with Gasteiger partial charge in [-0.2, -0.15) is 0 Å². The Morgan fingerprint density at radius 2 is 2.08 bits per heavy atom. The fraction of sp³-hybridized carbons (Fsp3) is 0.889. The monoisotopic (exact) mass is 189 g/mol. The summed E-state index contributed by atoms with van der Waals surface area (Å²) in [6.45, 7) is 7.24. The van der Waals surface area contributed by atoms with Gasteiger partial charge >= 0.3 is 6.16 Å². The Kier molecular flexibility index (Phi) is 6.32. The average molecular weight is 189 g/mol. The molecule has 2 N–H and O–H groups in total. The molecule has 1 aliphatic rings. The maximum Gasteiger partial charge on any atom is 0.503 e. The quantitative estimate of drug-likeness (QED) is 0.698. The van der Waals surface area contributed by atoms with Gasteiger partial charge in [0.05, 0.1) is 0 Å². The fourth-order valence-electron chi connectivity index (χ4n) is 1.61. The molecule has 13 heavy (non-hydrogen) atoms. The van der Waals surface area contributed by atoms with Gasteiger partial charge in [-0.25, -0.2) is 4.79 Å². The second-order valence-electron chi connectivity index (χ2n) is 3.31. The number of nitrogens with zero attached hydrogens (tertiary/aromatic N) is 1. The van der Waals surface area contributed by atoms with E-state index in [0.29, 0.717) is 0 Å². The minimum absolute atomic E-state index is 0.866. The lowest BCUT2D eigenvalue weighted by Crippen LogP contribution is -2.27. The van der Waals surface area contributed by atoms with Crippen LogP contribution in [0.1, 0.15) is 33.1 Å². The summed E-state index contributed by atoms with van der Waals surface area (Å²) in [5.74, 6) is 0. The summed E-state index contributed by atoms with van der Waals surface area (Å²) in [6.07, 6.45) is 2.31. The third-order valence-electron chi connectivity index (χ3n) is 2.20. The van der Waals surface area contributed by atoms with Crippen molar-refractivity contribution in [2.24, 2.45) is 0 Å². The highest BCUT2D eigenvalue weighted by Crippen LogP contribution is 2.15. The maximum atomic E-state index is 8.56. The molecule has 0 amide bonds. The Labute approximate surface area is 79.2 Å². The molecule has 0 aliphatic carbocycles. The third kappa shape index (κ3) is 6.40. The van der Waals surface area contributed by atoms with E-state index >= 15 is 0 Å². The largest absolute Gasteiger partial charge is 0.503 e. The highest BCUT2D eigenvalue weighted by Gasteiger charge is 2.17. The van der Waals surface area contributed by atoms with Gasteiger partial charge in [0.1, 0.15) is 0 Å². The summed E-state index contributed by atoms with van der Waals surface area (Å²) in [6, 6.07) is 0.866. The van der Waals surface area contributed by atoms with Gasteiger partial charge in [-0.05, 0) is 39.3 Å². The SMILES string of the molecule is CCCN1CCCC1C.O=C(O)O. The van der Waals surface area contributed by atoms with Crippen molar-refractivity contribution in [3.8, 4) is 0 Å². The van der Waals surface area contributed by atoms with Crippen LogP contribution in [0.5, 0.6) is 0 Å². The molecule has 78 valence electrons. The molecular weight excluding hydrogens is 170 g/mol. The van der Waals surface area contributed by atoms with Crippen LogP contribution in [0.15, 0.2) is 0 Å². The number of carbonyl (C=O) groups is 1. The summed E-state index contributed by atoms with van der Waals surface area (Å²) in [5.41, 5.74) is 0. The number of rotatable bonds is 2. The van der Waals surface area contributed by atoms with Crippen LogP contribution in [0.4, 0.5) is 4.79 Å². The molecule has 0 aromatic heterocycles. The van der Waals surface area contributed by atoms with Gasteiger partial charge in [0.25, 0.3) is 0 Å². The first kappa shape index (κ1) is 12.2. The van der Waals surface area contributed by atoms with Gasteiger partial charge in [-0.15, -0.1) is 0 Å².